The number of hydrogen-bond donors (Lipinski definition) is 1. The molecular formula is C17H13NO3. The topological polar surface area (TPSA) is 59.4 Å². The van der Waals surface area contributed by atoms with Gasteiger partial charge in [0.25, 0.3) is 0 Å². The van der Waals surface area contributed by atoms with Gasteiger partial charge in [0.2, 0.25) is 0 Å². The van der Waals surface area contributed by atoms with Crippen LogP contribution in [0.15, 0.2) is 60.9 Å². The molecule has 0 fully saturated rings. The summed E-state index contributed by atoms with van der Waals surface area (Å²) in [6.07, 6.45) is 3.54. The number of aromatic carboxylic acids is 1. The van der Waals surface area contributed by atoms with E-state index >= 15 is 0 Å². The quantitative estimate of drug-likeness (QED) is 0.794. The van der Waals surface area contributed by atoms with E-state index in [2.05, 4.69) is 4.98 Å². The molecule has 0 spiro atoms. The first-order valence-electron chi connectivity index (χ1n) is 6.51. The third-order valence-corrected chi connectivity index (χ3v) is 3.19. The van der Waals surface area contributed by atoms with E-state index in [1.807, 2.05) is 30.3 Å². The van der Waals surface area contributed by atoms with Gasteiger partial charge in [-0.3, -0.25) is 4.98 Å². The SMILES string of the molecule is O=C(O)c1cccc(COc2ccc3ccncc3c2)c1. The Hall–Kier alpha value is -2.88. The average Bonchev–Trinajstić information content (AvgIpc) is 2.53. The van der Waals surface area contributed by atoms with Crippen molar-refractivity contribution in [2.45, 2.75) is 6.61 Å². The minimum absolute atomic E-state index is 0.263. The number of rotatable bonds is 4. The number of ether oxygens (including phenoxy) is 1. The van der Waals surface area contributed by atoms with Crippen molar-refractivity contribution in [2.24, 2.45) is 0 Å². The number of nitrogens with zero attached hydrogens (tertiary/aromatic N) is 1. The maximum absolute atomic E-state index is 10.9. The van der Waals surface area contributed by atoms with Gasteiger partial charge in [0, 0.05) is 17.8 Å². The molecule has 3 aromatic rings. The lowest BCUT2D eigenvalue weighted by Gasteiger charge is -2.08. The van der Waals surface area contributed by atoms with Gasteiger partial charge in [0.15, 0.2) is 0 Å². The Morgan fingerprint density at radius 1 is 1.10 bits per heavy atom. The molecule has 4 nitrogen and oxygen atoms in total. The molecule has 2 aromatic carbocycles. The summed E-state index contributed by atoms with van der Waals surface area (Å²) in [5, 5.41) is 11.1. The monoisotopic (exact) mass is 279 g/mol. The molecule has 0 saturated carbocycles. The summed E-state index contributed by atoms with van der Waals surface area (Å²) in [6.45, 7) is 0.326. The zero-order chi connectivity index (χ0) is 14.7. The number of fused-ring (bicyclic) bond motifs is 1. The van der Waals surface area contributed by atoms with Crippen molar-refractivity contribution in [1.29, 1.82) is 0 Å². The lowest BCUT2D eigenvalue weighted by molar-refractivity contribution is 0.0696. The van der Waals surface area contributed by atoms with Crippen LogP contribution >= 0.6 is 0 Å². The highest BCUT2D eigenvalue weighted by Crippen LogP contribution is 2.20. The smallest absolute Gasteiger partial charge is 0.335 e. The van der Waals surface area contributed by atoms with Crippen molar-refractivity contribution < 1.29 is 14.6 Å². The summed E-state index contributed by atoms with van der Waals surface area (Å²) in [5.41, 5.74) is 1.08. The summed E-state index contributed by atoms with van der Waals surface area (Å²) >= 11 is 0. The minimum Gasteiger partial charge on any atom is -0.489 e. The van der Waals surface area contributed by atoms with E-state index in [1.165, 1.54) is 0 Å². The van der Waals surface area contributed by atoms with Gasteiger partial charge in [-0.25, -0.2) is 4.79 Å². The summed E-state index contributed by atoms with van der Waals surface area (Å²) in [6, 6.07) is 14.5. The highest BCUT2D eigenvalue weighted by Gasteiger charge is 2.04. The standard InChI is InChI=1S/C17H13NO3/c19-17(20)14-3-1-2-12(8-14)11-21-16-5-4-13-6-7-18-10-15(13)9-16/h1-10H,11H2,(H,19,20). The fourth-order valence-electron chi connectivity index (χ4n) is 2.11. The molecule has 0 unspecified atom stereocenters. The van der Waals surface area contributed by atoms with Crippen molar-refractivity contribution >= 4 is 16.7 Å². The molecule has 21 heavy (non-hydrogen) atoms. The van der Waals surface area contributed by atoms with Gasteiger partial charge in [-0.05, 0) is 41.3 Å². The second-order valence-electron chi connectivity index (χ2n) is 4.68. The van der Waals surface area contributed by atoms with Crippen LogP contribution in [0.1, 0.15) is 15.9 Å². The number of carboxylic acid groups (broad SMARTS) is 1. The fraction of sp³-hybridized carbons (Fsp3) is 0.0588. The highest BCUT2D eigenvalue weighted by atomic mass is 16.5. The average molecular weight is 279 g/mol. The molecule has 0 bridgehead atoms. The van der Waals surface area contributed by atoms with E-state index in [0.717, 1.165) is 22.1 Å². The van der Waals surface area contributed by atoms with Crippen molar-refractivity contribution in [1.82, 2.24) is 4.98 Å². The highest BCUT2D eigenvalue weighted by molar-refractivity contribution is 5.87. The molecule has 3 rings (SSSR count). The normalized spacial score (nSPS) is 10.5. The summed E-state index contributed by atoms with van der Waals surface area (Å²) in [4.78, 5) is 15.0. The van der Waals surface area contributed by atoms with Crippen LogP contribution in [-0.2, 0) is 6.61 Å². The van der Waals surface area contributed by atoms with E-state index in [0.29, 0.717) is 6.61 Å². The maximum Gasteiger partial charge on any atom is 0.335 e. The number of aromatic nitrogens is 1. The fourth-order valence-corrected chi connectivity index (χ4v) is 2.11. The molecule has 1 N–H and O–H groups in total. The Kier molecular flexibility index (Phi) is 3.51. The van der Waals surface area contributed by atoms with Crippen molar-refractivity contribution in [3.63, 3.8) is 0 Å². The molecule has 0 atom stereocenters. The molecule has 104 valence electrons. The number of carboxylic acids is 1. The van der Waals surface area contributed by atoms with E-state index in [9.17, 15) is 4.79 Å². The number of pyridine rings is 1. The van der Waals surface area contributed by atoms with E-state index in [1.54, 1.807) is 30.6 Å². The van der Waals surface area contributed by atoms with Crippen LogP contribution in [0.3, 0.4) is 0 Å². The van der Waals surface area contributed by atoms with E-state index in [4.69, 9.17) is 9.84 Å². The number of hydrogen-bond acceptors (Lipinski definition) is 3. The first kappa shape index (κ1) is 13.1. The lowest BCUT2D eigenvalue weighted by atomic mass is 10.1. The predicted molar refractivity (Wildman–Crippen MR) is 79.5 cm³/mol. The van der Waals surface area contributed by atoms with Crippen LogP contribution in [-0.4, -0.2) is 16.1 Å². The van der Waals surface area contributed by atoms with Crippen LogP contribution in [0.4, 0.5) is 0 Å². The van der Waals surface area contributed by atoms with Crippen LogP contribution in [0.25, 0.3) is 10.8 Å². The third kappa shape index (κ3) is 3.00. The zero-order valence-electron chi connectivity index (χ0n) is 11.2. The Bertz CT molecular complexity index is 799. The van der Waals surface area contributed by atoms with Gasteiger partial charge >= 0.3 is 5.97 Å². The molecule has 0 saturated heterocycles. The third-order valence-electron chi connectivity index (χ3n) is 3.19. The van der Waals surface area contributed by atoms with Crippen LogP contribution in [0, 0.1) is 0 Å². The van der Waals surface area contributed by atoms with Gasteiger partial charge in [0.1, 0.15) is 12.4 Å². The molecule has 0 aliphatic carbocycles. The largest absolute Gasteiger partial charge is 0.489 e. The lowest BCUT2D eigenvalue weighted by Crippen LogP contribution is -2.00. The van der Waals surface area contributed by atoms with Gasteiger partial charge in [0.05, 0.1) is 5.56 Å². The van der Waals surface area contributed by atoms with E-state index < -0.39 is 5.97 Å². The summed E-state index contributed by atoms with van der Waals surface area (Å²) in [5.74, 6) is -0.204. The number of benzene rings is 2. The molecule has 0 radical (unpaired) electrons. The predicted octanol–water partition coefficient (Wildman–Crippen LogP) is 3.51. The van der Waals surface area contributed by atoms with Gasteiger partial charge in [-0.15, -0.1) is 0 Å². The first-order valence-corrected chi connectivity index (χ1v) is 6.51. The molecule has 0 amide bonds. The molecule has 4 heteroatoms. The zero-order valence-corrected chi connectivity index (χ0v) is 11.2. The van der Waals surface area contributed by atoms with Gasteiger partial charge < -0.3 is 9.84 Å². The maximum atomic E-state index is 10.9. The molecule has 0 aliphatic rings. The van der Waals surface area contributed by atoms with Gasteiger partial charge in [-0.1, -0.05) is 18.2 Å². The Morgan fingerprint density at radius 3 is 2.86 bits per heavy atom. The molecule has 1 aromatic heterocycles. The Labute approximate surface area is 121 Å². The second kappa shape index (κ2) is 5.63. The van der Waals surface area contributed by atoms with Crippen molar-refractivity contribution in [3.05, 3.63) is 72.1 Å². The Morgan fingerprint density at radius 2 is 2.00 bits per heavy atom. The van der Waals surface area contributed by atoms with Crippen LogP contribution in [0.2, 0.25) is 0 Å². The van der Waals surface area contributed by atoms with Gasteiger partial charge in [-0.2, -0.15) is 0 Å². The first-order chi connectivity index (χ1) is 10.2. The van der Waals surface area contributed by atoms with Crippen LogP contribution < -0.4 is 4.74 Å². The molecule has 1 heterocycles. The van der Waals surface area contributed by atoms with Crippen molar-refractivity contribution in [3.8, 4) is 5.75 Å². The van der Waals surface area contributed by atoms with Crippen molar-refractivity contribution in [2.75, 3.05) is 0 Å². The second-order valence-corrected chi connectivity index (χ2v) is 4.68. The minimum atomic E-state index is -0.936. The molecule has 0 aliphatic heterocycles. The van der Waals surface area contributed by atoms with E-state index in [-0.39, 0.29) is 5.56 Å². The summed E-state index contributed by atoms with van der Waals surface area (Å²) < 4.78 is 5.71. The Balaban J connectivity index is 1.77. The number of carbonyl (C=O) groups is 1. The molecular weight excluding hydrogens is 266 g/mol. The van der Waals surface area contributed by atoms with Crippen LogP contribution in [0.5, 0.6) is 5.75 Å². The summed E-state index contributed by atoms with van der Waals surface area (Å²) in [7, 11) is 0.